The van der Waals surface area contributed by atoms with Gasteiger partial charge in [0.1, 0.15) is 0 Å². The third kappa shape index (κ3) is 6.69. The van der Waals surface area contributed by atoms with E-state index in [-0.39, 0.29) is 5.91 Å². The van der Waals surface area contributed by atoms with Crippen LogP contribution in [0.15, 0.2) is 110 Å². The van der Waals surface area contributed by atoms with Crippen LogP contribution >= 0.6 is 0 Å². The number of nitrogens with one attached hydrogen (secondary N) is 2. The Morgan fingerprint density at radius 3 is 2.60 bits per heavy atom. The number of aryl methyl sites for hydroxylation is 1. The van der Waals surface area contributed by atoms with Gasteiger partial charge in [-0.25, -0.2) is 9.97 Å². The van der Waals surface area contributed by atoms with Gasteiger partial charge < -0.3 is 15.5 Å². The van der Waals surface area contributed by atoms with Crippen LogP contribution in [0.5, 0.6) is 0 Å². The molecule has 0 aliphatic carbocycles. The van der Waals surface area contributed by atoms with Crippen molar-refractivity contribution in [2.45, 2.75) is 20.8 Å². The third-order valence-electron chi connectivity index (χ3n) is 6.38. The summed E-state index contributed by atoms with van der Waals surface area (Å²) in [6.07, 6.45) is 15.6. The van der Waals surface area contributed by atoms with Gasteiger partial charge in [-0.3, -0.25) is 9.78 Å². The number of anilines is 3. The van der Waals surface area contributed by atoms with E-state index >= 15 is 0 Å². The molecule has 0 spiro atoms. The summed E-state index contributed by atoms with van der Waals surface area (Å²) in [7, 11) is 0. The Hall–Kier alpha value is -5.04. The van der Waals surface area contributed by atoms with Gasteiger partial charge in [-0.1, -0.05) is 44.2 Å². The quantitative estimate of drug-likeness (QED) is 0.251. The van der Waals surface area contributed by atoms with Crippen LogP contribution in [0.25, 0.3) is 16.8 Å². The van der Waals surface area contributed by atoms with Gasteiger partial charge in [0.2, 0.25) is 5.95 Å². The number of carbonyl (C=O) groups is 1. The van der Waals surface area contributed by atoms with Gasteiger partial charge in [0.15, 0.2) is 0 Å². The fourth-order valence-electron chi connectivity index (χ4n) is 4.35. The number of aromatic nitrogens is 3. The van der Waals surface area contributed by atoms with Gasteiger partial charge in [0.05, 0.1) is 5.69 Å². The van der Waals surface area contributed by atoms with Crippen LogP contribution in [-0.4, -0.2) is 32.3 Å². The van der Waals surface area contributed by atoms with Crippen molar-refractivity contribution in [2.75, 3.05) is 17.2 Å². The Balaban J connectivity index is 1.28. The minimum atomic E-state index is -0.193. The van der Waals surface area contributed by atoms with Gasteiger partial charge in [0, 0.05) is 60.0 Å². The van der Waals surface area contributed by atoms with Gasteiger partial charge >= 0.3 is 0 Å². The molecule has 40 heavy (non-hydrogen) atoms. The first-order valence-electron chi connectivity index (χ1n) is 13.3. The minimum absolute atomic E-state index is 0.193. The van der Waals surface area contributed by atoms with Crippen LogP contribution in [-0.2, 0) is 0 Å². The molecular formula is C33H32N6O. The molecule has 2 N–H and O–H groups in total. The number of nitrogens with zero attached hydrogens (tertiary/aromatic N) is 4. The lowest BCUT2D eigenvalue weighted by Gasteiger charge is -2.18. The zero-order chi connectivity index (χ0) is 27.9. The number of amides is 1. The Kier molecular flexibility index (Phi) is 8.11. The highest BCUT2D eigenvalue weighted by molar-refractivity contribution is 6.05. The third-order valence-corrected chi connectivity index (χ3v) is 6.38. The van der Waals surface area contributed by atoms with Gasteiger partial charge in [-0.15, -0.1) is 0 Å². The molecule has 4 aromatic rings. The van der Waals surface area contributed by atoms with E-state index in [1.807, 2.05) is 73.7 Å². The first kappa shape index (κ1) is 26.6. The Bertz CT molecular complexity index is 1570. The van der Waals surface area contributed by atoms with Crippen molar-refractivity contribution in [1.82, 2.24) is 19.9 Å². The molecule has 1 aliphatic rings. The van der Waals surface area contributed by atoms with E-state index in [0.717, 1.165) is 45.9 Å². The summed E-state index contributed by atoms with van der Waals surface area (Å²) < 4.78 is 0. The van der Waals surface area contributed by atoms with Crippen LogP contribution in [0, 0.1) is 12.8 Å². The van der Waals surface area contributed by atoms with Gasteiger partial charge in [-0.2, -0.15) is 0 Å². The topological polar surface area (TPSA) is 83.0 Å². The molecule has 2 aromatic heterocycles. The zero-order valence-corrected chi connectivity index (χ0v) is 22.9. The van der Waals surface area contributed by atoms with Crippen molar-refractivity contribution in [1.29, 1.82) is 0 Å². The highest BCUT2D eigenvalue weighted by Crippen LogP contribution is 2.25. The molecule has 0 fully saturated rings. The molecule has 3 heterocycles. The van der Waals surface area contributed by atoms with E-state index in [9.17, 15) is 4.79 Å². The molecule has 1 aliphatic heterocycles. The molecule has 7 nitrogen and oxygen atoms in total. The Labute approximate surface area is 235 Å². The number of benzene rings is 2. The first-order valence-corrected chi connectivity index (χ1v) is 13.3. The van der Waals surface area contributed by atoms with Crippen LogP contribution in [0.2, 0.25) is 0 Å². The highest BCUT2D eigenvalue weighted by atomic mass is 16.1. The number of allylic oxidation sites excluding steroid dienone is 4. The summed E-state index contributed by atoms with van der Waals surface area (Å²) in [5.41, 5.74) is 6.87. The maximum Gasteiger partial charge on any atom is 0.255 e. The Morgan fingerprint density at radius 2 is 1.82 bits per heavy atom. The molecule has 0 unspecified atom stereocenters. The monoisotopic (exact) mass is 528 g/mol. The fraction of sp³-hybridized carbons (Fsp3) is 0.152. The normalized spacial score (nSPS) is 12.7. The number of rotatable bonds is 8. The van der Waals surface area contributed by atoms with E-state index in [1.54, 1.807) is 18.6 Å². The highest BCUT2D eigenvalue weighted by Gasteiger charge is 2.12. The first-order chi connectivity index (χ1) is 19.4. The molecular weight excluding hydrogens is 496 g/mol. The summed E-state index contributed by atoms with van der Waals surface area (Å²) in [4.78, 5) is 28.5. The summed E-state index contributed by atoms with van der Waals surface area (Å²) >= 11 is 0. The van der Waals surface area contributed by atoms with Gasteiger partial charge in [0.25, 0.3) is 5.91 Å². The number of carbonyl (C=O) groups excluding carboxylic acids is 1. The van der Waals surface area contributed by atoms with Crippen molar-refractivity contribution >= 4 is 28.8 Å². The van der Waals surface area contributed by atoms with Crippen LogP contribution in [0.4, 0.5) is 17.3 Å². The van der Waals surface area contributed by atoms with E-state index in [0.29, 0.717) is 17.4 Å². The van der Waals surface area contributed by atoms with E-state index in [1.165, 1.54) is 0 Å². The molecule has 7 heteroatoms. The van der Waals surface area contributed by atoms with Crippen molar-refractivity contribution < 1.29 is 4.79 Å². The molecule has 200 valence electrons. The summed E-state index contributed by atoms with van der Waals surface area (Å²) in [5, 5.41) is 6.27. The average Bonchev–Trinajstić information content (AvgIpc) is 3.20. The van der Waals surface area contributed by atoms with Crippen LogP contribution in [0.1, 0.15) is 35.3 Å². The molecule has 2 aromatic carbocycles. The van der Waals surface area contributed by atoms with Gasteiger partial charge in [-0.05, 0) is 78.1 Å². The molecule has 1 amide bonds. The largest absolute Gasteiger partial charge is 0.353 e. The molecule has 0 radical (unpaired) electrons. The summed E-state index contributed by atoms with van der Waals surface area (Å²) in [6.45, 7) is 7.34. The Morgan fingerprint density at radius 1 is 0.975 bits per heavy atom. The molecule has 5 rings (SSSR count). The molecule has 0 bridgehead atoms. The lowest BCUT2D eigenvalue weighted by molar-refractivity contribution is 0.102. The van der Waals surface area contributed by atoms with Crippen molar-refractivity contribution in [2.24, 2.45) is 5.92 Å². The predicted octanol–water partition coefficient (Wildman–Crippen LogP) is 7.23. The van der Waals surface area contributed by atoms with E-state index in [2.05, 4.69) is 68.9 Å². The number of pyridine rings is 1. The second kappa shape index (κ2) is 12.2. The standard InChI is InChI=1S/C33H32N6O/c1-23(2)21-39-18-5-4-7-28(22-39)25-11-13-29(14-12-25)36-32(40)26-10-9-24(3)31(19-26)38-33-35-17-15-30(37-33)27-8-6-16-34-20-27/h4-20,22-23H,21H2,1-3H3,(H,36,40)(H,35,37,38). The molecule has 0 saturated carbocycles. The maximum atomic E-state index is 13.1. The zero-order valence-electron chi connectivity index (χ0n) is 22.9. The predicted molar refractivity (Wildman–Crippen MR) is 162 cm³/mol. The second-order valence-electron chi connectivity index (χ2n) is 10.1. The van der Waals surface area contributed by atoms with E-state index in [4.69, 9.17) is 0 Å². The average molecular weight is 529 g/mol. The second-order valence-corrected chi connectivity index (χ2v) is 10.1. The van der Waals surface area contributed by atoms with Crippen LogP contribution < -0.4 is 10.6 Å². The number of hydrogen-bond donors (Lipinski definition) is 2. The van der Waals surface area contributed by atoms with Crippen molar-refractivity contribution in [3.8, 4) is 11.3 Å². The van der Waals surface area contributed by atoms with Crippen molar-refractivity contribution in [3.63, 3.8) is 0 Å². The minimum Gasteiger partial charge on any atom is -0.353 e. The smallest absolute Gasteiger partial charge is 0.255 e. The van der Waals surface area contributed by atoms with Crippen LogP contribution in [0.3, 0.4) is 0 Å². The van der Waals surface area contributed by atoms with E-state index < -0.39 is 0 Å². The number of hydrogen-bond acceptors (Lipinski definition) is 6. The summed E-state index contributed by atoms with van der Waals surface area (Å²) in [6, 6.07) is 19.1. The summed E-state index contributed by atoms with van der Waals surface area (Å²) in [5.74, 6) is 0.809. The molecule has 0 atom stereocenters. The lowest BCUT2D eigenvalue weighted by atomic mass is 10.1. The van der Waals surface area contributed by atoms with Crippen molar-refractivity contribution in [3.05, 3.63) is 127 Å². The fourth-order valence-corrected chi connectivity index (χ4v) is 4.35. The maximum absolute atomic E-state index is 13.1. The molecule has 0 saturated heterocycles. The SMILES string of the molecule is Cc1ccc(C(=O)Nc2ccc(C3=CN(CC(C)C)C=CC=C3)cc2)cc1Nc1nccc(-c2cccnc2)n1. The lowest BCUT2D eigenvalue weighted by Crippen LogP contribution is -2.16.